The third-order valence-electron chi connectivity index (χ3n) is 4.47. The highest BCUT2D eigenvalue weighted by Crippen LogP contribution is 2.28. The summed E-state index contributed by atoms with van der Waals surface area (Å²) < 4.78 is 5.01. The number of amides is 2. The molecule has 2 amide bonds. The van der Waals surface area contributed by atoms with Crippen LogP contribution < -0.4 is 10.6 Å². The van der Waals surface area contributed by atoms with Crippen LogP contribution in [0.2, 0.25) is 0 Å². The Bertz CT molecular complexity index is 435. The van der Waals surface area contributed by atoms with E-state index in [0.717, 1.165) is 25.7 Å². The number of aliphatic hydroxyl groups excluding tert-OH is 1. The second-order valence-electron chi connectivity index (χ2n) is 6.58. The summed E-state index contributed by atoms with van der Waals surface area (Å²) in [4.78, 5) is 35.3. The summed E-state index contributed by atoms with van der Waals surface area (Å²) in [5, 5.41) is 23.0. The molecular formula is C17H30N2O6. The molecule has 0 heterocycles. The third kappa shape index (κ3) is 8.83. The predicted octanol–water partition coefficient (Wildman–Crippen LogP) is 0.287. The highest BCUT2D eigenvalue weighted by molar-refractivity contribution is 5.85. The number of ether oxygens (including phenoxy) is 1. The van der Waals surface area contributed by atoms with Crippen LogP contribution in [0.1, 0.15) is 45.4 Å². The summed E-state index contributed by atoms with van der Waals surface area (Å²) in [6.45, 7) is 2.87. The second kappa shape index (κ2) is 11.8. The zero-order valence-electron chi connectivity index (χ0n) is 14.8. The van der Waals surface area contributed by atoms with Gasteiger partial charge in [0, 0.05) is 18.9 Å². The highest BCUT2D eigenvalue weighted by Gasteiger charge is 2.28. The Kier molecular flexibility index (Phi) is 10.1. The number of nitrogens with one attached hydrogen (secondary N) is 2. The van der Waals surface area contributed by atoms with E-state index >= 15 is 0 Å². The van der Waals surface area contributed by atoms with E-state index in [0.29, 0.717) is 12.5 Å². The van der Waals surface area contributed by atoms with Crippen molar-refractivity contribution >= 4 is 17.8 Å². The fourth-order valence-corrected chi connectivity index (χ4v) is 2.86. The van der Waals surface area contributed by atoms with Crippen LogP contribution in [-0.2, 0) is 19.1 Å². The van der Waals surface area contributed by atoms with Crippen molar-refractivity contribution in [1.82, 2.24) is 10.6 Å². The normalized spacial score (nSPS) is 21.4. The van der Waals surface area contributed by atoms with Gasteiger partial charge in [-0.2, -0.15) is 0 Å². The number of carbonyl (C=O) groups excluding carboxylic acids is 2. The van der Waals surface area contributed by atoms with Crippen LogP contribution in [0.25, 0.3) is 0 Å². The number of carbonyl (C=O) groups is 3. The van der Waals surface area contributed by atoms with Gasteiger partial charge in [0.25, 0.3) is 0 Å². The number of aliphatic carboxylic acids is 1. The van der Waals surface area contributed by atoms with Gasteiger partial charge in [0.2, 0.25) is 11.8 Å². The summed E-state index contributed by atoms with van der Waals surface area (Å²) in [6, 6.07) is -1.05. The lowest BCUT2D eigenvalue weighted by Crippen LogP contribution is -2.45. The minimum absolute atomic E-state index is 0.0128. The molecule has 1 fully saturated rings. The van der Waals surface area contributed by atoms with Gasteiger partial charge < -0.3 is 25.6 Å². The quantitative estimate of drug-likeness (QED) is 0.393. The molecular weight excluding hydrogens is 328 g/mol. The Labute approximate surface area is 148 Å². The van der Waals surface area contributed by atoms with Crippen LogP contribution in [0.3, 0.4) is 0 Å². The summed E-state index contributed by atoms with van der Waals surface area (Å²) in [7, 11) is 0. The topological polar surface area (TPSA) is 125 Å². The lowest BCUT2D eigenvalue weighted by Gasteiger charge is -2.26. The molecule has 1 saturated carbocycles. The lowest BCUT2D eigenvalue weighted by molar-refractivity contribution is -0.143. The highest BCUT2D eigenvalue weighted by atomic mass is 16.5. The first kappa shape index (κ1) is 21.4. The Morgan fingerprint density at radius 2 is 1.84 bits per heavy atom. The molecule has 1 rings (SSSR count). The zero-order valence-corrected chi connectivity index (χ0v) is 14.8. The van der Waals surface area contributed by atoms with Crippen molar-refractivity contribution in [3.63, 3.8) is 0 Å². The Morgan fingerprint density at radius 3 is 2.44 bits per heavy atom. The number of carboxylic acid groups (broad SMARTS) is 1. The molecule has 0 unspecified atom stereocenters. The molecule has 0 spiro atoms. The predicted molar refractivity (Wildman–Crippen MR) is 90.8 cm³/mol. The molecule has 1 atom stereocenters. The van der Waals surface area contributed by atoms with Gasteiger partial charge in [-0.3, -0.25) is 9.59 Å². The Balaban J connectivity index is 2.30. The molecule has 0 aromatic rings. The van der Waals surface area contributed by atoms with E-state index in [1.807, 2.05) is 0 Å². The van der Waals surface area contributed by atoms with E-state index in [-0.39, 0.29) is 50.4 Å². The van der Waals surface area contributed by atoms with Gasteiger partial charge in [0.05, 0.1) is 19.8 Å². The molecule has 144 valence electrons. The monoisotopic (exact) mass is 358 g/mol. The van der Waals surface area contributed by atoms with Gasteiger partial charge in [-0.1, -0.05) is 6.92 Å². The standard InChI is InChI=1S/C17H30N2O6/c1-12-2-4-13(5-3-12)16(22)19-14(17(23)24)6-7-15(21)18-8-10-25-11-9-20/h12-14,20H,2-11H2,1H3,(H,18,21)(H,19,22)(H,23,24)/t12?,13?,14-/m0/s1. The number of aliphatic hydroxyl groups is 1. The molecule has 4 N–H and O–H groups in total. The molecule has 25 heavy (non-hydrogen) atoms. The molecule has 8 nitrogen and oxygen atoms in total. The first-order valence-electron chi connectivity index (χ1n) is 8.92. The maximum Gasteiger partial charge on any atom is 0.326 e. The van der Waals surface area contributed by atoms with Crippen LogP contribution in [0, 0.1) is 11.8 Å². The van der Waals surface area contributed by atoms with Crippen molar-refractivity contribution in [3.05, 3.63) is 0 Å². The minimum Gasteiger partial charge on any atom is -0.480 e. The van der Waals surface area contributed by atoms with Gasteiger partial charge >= 0.3 is 5.97 Å². The number of hydrogen-bond acceptors (Lipinski definition) is 5. The van der Waals surface area contributed by atoms with Gasteiger partial charge in [-0.05, 0) is 38.0 Å². The molecule has 0 aromatic heterocycles. The number of rotatable bonds is 11. The molecule has 1 aliphatic rings. The first-order valence-corrected chi connectivity index (χ1v) is 8.92. The van der Waals surface area contributed by atoms with Gasteiger partial charge in [-0.15, -0.1) is 0 Å². The maximum absolute atomic E-state index is 12.2. The summed E-state index contributed by atoms with van der Waals surface area (Å²) >= 11 is 0. The summed E-state index contributed by atoms with van der Waals surface area (Å²) in [6.07, 6.45) is 3.60. The molecule has 1 aliphatic carbocycles. The van der Waals surface area contributed by atoms with E-state index in [2.05, 4.69) is 17.6 Å². The lowest BCUT2D eigenvalue weighted by atomic mass is 9.82. The van der Waals surface area contributed by atoms with Gasteiger partial charge in [-0.25, -0.2) is 4.79 Å². The number of carboxylic acids is 1. The molecule has 0 bridgehead atoms. The Morgan fingerprint density at radius 1 is 1.16 bits per heavy atom. The fraction of sp³-hybridized carbons (Fsp3) is 0.824. The average Bonchev–Trinajstić information content (AvgIpc) is 2.58. The fourth-order valence-electron chi connectivity index (χ4n) is 2.86. The average molecular weight is 358 g/mol. The van der Waals surface area contributed by atoms with Crippen LogP contribution in [0.5, 0.6) is 0 Å². The first-order chi connectivity index (χ1) is 11.9. The van der Waals surface area contributed by atoms with Crippen LogP contribution >= 0.6 is 0 Å². The Hall–Kier alpha value is -1.67. The van der Waals surface area contributed by atoms with Crippen molar-refractivity contribution in [2.75, 3.05) is 26.4 Å². The largest absolute Gasteiger partial charge is 0.480 e. The van der Waals surface area contributed by atoms with Gasteiger partial charge in [0.15, 0.2) is 0 Å². The molecule has 0 radical (unpaired) electrons. The van der Waals surface area contributed by atoms with E-state index in [9.17, 15) is 19.5 Å². The SMILES string of the molecule is CC1CCC(C(=O)N[C@@H](CCC(=O)NCCOCCO)C(=O)O)CC1. The van der Waals surface area contributed by atoms with Crippen molar-refractivity contribution in [2.45, 2.75) is 51.5 Å². The zero-order chi connectivity index (χ0) is 18.7. The van der Waals surface area contributed by atoms with Crippen molar-refractivity contribution in [3.8, 4) is 0 Å². The van der Waals surface area contributed by atoms with Crippen molar-refractivity contribution in [2.24, 2.45) is 11.8 Å². The minimum atomic E-state index is -1.13. The molecule has 0 saturated heterocycles. The van der Waals surface area contributed by atoms with Crippen molar-refractivity contribution < 1.29 is 29.3 Å². The van der Waals surface area contributed by atoms with Crippen molar-refractivity contribution in [1.29, 1.82) is 0 Å². The molecule has 0 aliphatic heterocycles. The maximum atomic E-state index is 12.2. The van der Waals surface area contributed by atoms with Gasteiger partial charge in [0.1, 0.15) is 6.04 Å². The van der Waals surface area contributed by atoms with Crippen LogP contribution in [-0.4, -0.2) is 60.4 Å². The van der Waals surface area contributed by atoms with E-state index in [1.165, 1.54) is 0 Å². The second-order valence-corrected chi connectivity index (χ2v) is 6.58. The number of hydrogen-bond donors (Lipinski definition) is 4. The molecule has 8 heteroatoms. The third-order valence-corrected chi connectivity index (χ3v) is 4.47. The smallest absolute Gasteiger partial charge is 0.326 e. The molecule has 0 aromatic carbocycles. The van der Waals surface area contributed by atoms with Crippen LogP contribution in [0.15, 0.2) is 0 Å². The summed E-state index contributed by atoms with van der Waals surface area (Å²) in [5.41, 5.74) is 0. The van der Waals surface area contributed by atoms with Crippen LogP contribution in [0.4, 0.5) is 0 Å². The van der Waals surface area contributed by atoms with E-state index in [4.69, 9.17) is 9.84 Å². The van der Waals surface area contributed by atoms with E-state index < -0.39 is 12.0 Å². The van der Waals surface area contributed by atoms with E-state index in [1.54, 1.807) is 0 Å². The summed E-state index contributed by atoms with van der Waals surface area (Å²) in [5.74, 6) is -1.16.